The first-order valence-electron chi connectivity index (χ1n) is 9.12. The Hall–Kier alpha value is -3.73. The molecule has 0 fully saturated rings. The van der Waals surface area contributed by atoms with Crippen molar-refractivity contribution in [3.63, 3.8) is 0 Å². The minimum absolute atomic E-state index is 0.115. The Labute approximate surface area is 161 Å². The zero-order chi connectivity index (χ0) is 18.9. The van der Waals surface area contributed by atoms with Gasteiger partial charge >= 0.3 is 0 Å². The van der Waals surface area contributed by atoms with Gasteiger partial charge in [-0.25, -0.2) is 0 Å². The molecule has 0 radical (unpaired) electrons. The molecule has 5 heteroatoms. The van der Waals surface area contributed by atoms with Crippen molar-refractivity contribution in [2.75, 3.05) is 12.1 Å². The maximum absolute atomic E-state index is 12.5. The van der Waals surface area contributed by atoms with Crippen LogP contribution in [0.2, 0.25) is 0 Å². The number of hydrogen-bond donors (Lipinski definition) is 2. The molecular formula is C23H18N2O3. The standard InChI is InChI=1S/C23H18N2O3/c26-23-17(10-16-11-21-22(28-14-27-21)12-20(16)25-23)13-24-19-9-5-4-8-18(19)15-6-2-1-3-7-15/h1-12,24H,13-14H2,(H,25,26). The number of H-pyrrole nitrogens is 1. The summed E-state index contributed by atoms with van der Waals surface area (Å²) in [5.74, 6) is 1.36. The van der Waals surface area contributed by atoms with E-state index in [1.54, 1.807) is 6.07 Å². The van der Waals surface area contributed by atoms with Crippen molar-refractivity contribution in [3.05, 3.63) is 88.7 Å². The van der Waals surface area contributed by atoms with Crippen molar-refractivity contribution in [2.45, 2.75) is 6.54 Å². The Bertz CT molecular complexity index is 1220. The average molecular weight is 370 g/mol. The van der Waals surface area contributed by atoms with Crippen LogP contribution in [0.4, 0.5) is 5.69 Å². The summed E-state index contributed by atoms with van der Waals surface area (Å²) in [6.07, 6.45) is 0. The number of rotatable bonds is 4. The molecule has 0 spiro atoms. The molecule has 4 aromatic rings. The van der Waals surface area contributed by atoms with Gasteiger partial charge in [0, 0.05) is 34.8 Å². The minimum Gasteiger partial charge on any atom is -0.454 e. The zero-order valence-electron chi connectivity index (χ0n) is 15.1. The van der Waals surface area contributed by atoms with Crippen molar-refractivity contribution in [2.24, 2.45) is 0 Å². The predicted molar refractivity (Wildman–Crippen MR) is 110 cm³/mol. The topological polar surface area (TPSA) is 63.4 Å². The van der Waals surface area contributed by atoms with E-state index in [1.165, 1.54) is 0 Å². The average Bonchev–Trinajstić information content (AvgIpc) is 3.19. The van der Waals surface area contributed by atoms with Crippen LogP contribution in [0.15, 0.2) is 77.6 Å². The first kappa shape index (κ1) is 16.4. The van der Waals surface area contributed by atoms with Crippen molar-refractivity contribution in [3.8, 4) is 22.6 Å². The van der Waals surface area contributed by atoms with Gasteiger partial charge in [0.2, 0.25) is 6.79 Å². The van der Waals surface area contributed by atoms with Crippen molar-refractivity contribution in [1.29, 1.82) is 0 Å². The van der Waals surface area contributed by atoms with Gasteiger partial charge in [-0.3, -0.25) is 4.79 Å². The number of fused-ring (bicyclic) bond motifs is 2. The van der Waals surface area contributed by atoms with Gasteiger partial charge < -0.3 is 19.8 Å². The molecule has 0 unspecified atom stereocenters. The third-order valence-electron chi connectivity index (χ3n) is 4.90. The van der Waals surface area contributed by atoms with Gasteiger partial charge in [0.15, 0.2) is 11.5 Å². The lowest BCUT2D eigenvalue weighted by atomic mass is 10.0. The summed E-state index contributed by atoms with van der Waals surface area (Å²) in [5.41, 5.74) is 4.50. The third-order valence-corrected chi connectivity index (χ3v) is 4.90. The van der Waals surface area contributed by atoms with Crippen molar-refractivity contribution in [1.82, 2.24) is 4.98 Å². The Balaban J connectivity index is 1.46. The molecule has 0 saturated carbocycles. The van der Waals surface area contributed by atoms with E-state index in [-0.39, 0.29) is 12.4 Å². The highest BCUT2D eigenvalue weighted by Crippen LogP contribution is 2.35. The first-order chi connectivity index (χ1) is 13.8. The van der Waals surface area contributed by atoms with Crippen LogP contribution >= 0.6 is 0 Å². The van der Waals surface area contributed by atoms with Crippen LogP contribution in [-0.4, -0.2) is 11.8 Å². The summed E-state index contributed by atoms with van der Waals surface area (Å²) < 4.78 is 10.8. The van der Waals surface area contributed by atoms with Gasteiger partial charge in [-0.05, 0) is 23.8 Å². The third kappa shape index (κ3) is 2.97. The fourth-order valence-electron chi connectivity index (χ4n) is 3.47. The quantitative estimate of drug-likeness (QED) is 0.554. The molecule has 0 saturated heterocycles. The van der Waals surface area contributed by atoms with Crippen LogP contribution < -0.4 is 20.3 Å². The van der Waals surface area contributed by atoms with Gasteiger partial charge in [-0.15, -0.1) is 0 Å². The highest BCUT2D eigenvalue weighted by molar-refractivity contribution is 5.83. The summed E-state index contributed by atoms with van der Waals surface area (Å²) >= 11 is 0. The number of hydrogen-bond acceptors (Lipinski definition) is 4. The van der Waals surface area contributed by atoms with Gasteiger partial charge in [0.05, 0.1) is 5.52 Å². The number of aromatic nitrogens is 1. The molecule has 0 bridgehead atoms. The molecule has 2 N–H and O–H groups in total. The number of benzene rings is 3. The highest BCUT2D eigenvalue weighted by atomic mass is 16.7. The van der Waals surface area contributed by atoms with E-state index in [9.17, 15) is 4.79 Å². The predicted octanol–water partition coefficient (Wildman–Crippen LogP) is 4.54. The number of para-hydroxylation sites is 1. The summed E-state index contributed by atoms with van der Waals surface area (Å²) in [5, 5.41) is 4.32. The number of pyridine rings is 1. The van der Waals surface area contributed by atoms with Crippen LogP contribution in [0, 0.1) is 0 Å². The molecule has 5 nitrogen and oxygen atoms in total. The van der Waals surface area contributed by atoms with Gasteiger partial charge in [0.25, 0.3) is 5.56 Å². The van der Waals surface area contributed by atoms with Crippen LogP contribution in [0.5, 0.6) is 11.5 Å². The fraction of sp³-hybridized carbons (Fsp3) is 0.0870. The summed E-state index contributed by atoms with van der Waals surface area (Å²) in [6.45, 7) is 0.629. The van der Waals surface area contributed by atoms with E-state index in [0.717, 1.165) is 27.7 Å². The number of anilines is 1. The van der Waals surface area contributed by atoms with Crippen LogP contribution in [-0.2, 0) is 6.54 Å². The van der Waals surface area contributed by atoms with Crippen LogP contribution in [0.3, 0.4) is 0 Å². The molecule has 28 heavy (non-hydrogen) atoms. The monoisotopic (exact) mass is 370 g/mol. The lowest BCUT2D eigenvalue weighted by Crippen LogP contribution is -2.15. The Morgan fingerprint density at radius 2 is 1.64 bits per heavy atom. The van der Waals surface area contributed by atoms with E-state index in [2.05, 4.69) is 28.5 Å². The van der Waals surface area contributed by atoms with Gasteiger partial charge in [-0.2, -0.15) is 0 Å². The lowest BCUT2D eigenvalue weighted by Gasteiger charge is -2.12. The molecule has 1 aliphatic rings. The molecule has 0 atom stereocenters. The normalized spacial score (nSPS) is 12.3. The van der Waals surface area contributed by atoms with E-state index in [4.69, 9.17) is 9.47 Å². The first-order valence-corrected chi connectivity index (χ1v) is 9.12. The molecule has 5 rings (SSSR count). The maximum atomic E-state index is 12.5. The number of aromatic amines is 1. The maximum Gasteiger partial charge on any atom is 0.253 e. The smallest absolute Gasteiger partial charge is 0.253 e. The largest absolute Gasteiger partial charge is 0.454 e. The summed E-state index contributed by atoms with van der Waals surface area (Å²) in [7, 11) is 0. The van der Waals surface area contributed by atoms with Crippen LogP contribution in [0.25, 0.3) is 22.0 Å². The second-order valence-corrected chi connectivity index (χ2v) is 6.68. The second kappa shape index (κ2) is 6.78. The Morgan fingerprint density at radius 3 is 2.50 bits per heavy atom. The molecular weight excluding hydrogens is 352 g/mol. The Morgan fingerprint density at radius 1 is 0.893 bits per heavy atom. The van der Waals surface area contributed by atoms with Crippen molar-refractivity contribution >= 4 is 16.6 Å². The zero-order valence-corrected chi connectivity index (χ0v) is 15.1. The fourth-order valence-corrected chi connectivity index (χ4v) is 3.47. The van der Waals surface area contributed by atoms with Gasteiger partial charge in [-0.1, -0.05) is 48.5 Å². The van der Waals surface area contributed by atoms with E-state index in [1.807, 2.05) is 48.5 Å². The molecule has 138 valence electrons. The van der Waals surface area contributed by atoms with Crippen LogP contribution in [0.1, 0.15) is 5.56 Å². The van der Waals surface area contributed by atoms with Crippen molar-refractivity contribution < 1.29 is 9.47 Å². The molecule has 1 aromatic heterocycles. The number of nitrogens with one attached hydrogen (secondary N) is 2. The number of ether oxygens (including phenoxy) is 2. The Kier molecular flexibility index (Phi) is 3.98. The molecule has 0 aliphatic carbocycles. The molecule has 1 aliphatic heterocycles. The SMILES string of the molecule is O=c1[nH]c2cc3c(cc2cc1CNc1ccccc1-c1ccccc1)OCO3. The molecule has 2 heterocycles. The minimum atomic E-state index is -0.115. The van der Waals surface area contributed by atoms with E-state index >= 15 is 0 Å². The summed E-state index contributed by atoms with van der Waals surface area (Å²) in [4.78, 5) is 15.5. The van der Waals surface area contributed by atoms with E-state index in [0.29, 0.717) is 23.6 Å². The second-order valence-electron chi connectivity index (χ2n) is 6.68. The van der Waals surface area contributed by atoms with E-state index < -0.39 is 0 Å². The highest BCUT2D eigenvalue weighted by Gasteiger charge is 2.15. The van der Waals surface area contributed by atoms with Gasteiger partial charge in [0.1, 0.15) is 0 Å². The lowest BCUT2D eigenvalue weighted by molar-refractivity contribution is 0.174. The molecule has 3 aromatic carbocycles. The molecule has 0 amide bonds. The summed E-state index contributed by atoms with van der Waals surface area (Å²) in [6, 6.07) is 23.9.